The Hall–Kier alpha value is -3.48. The fraction of sp³-hybridized carbons (Fsp3) is 0.158. The summed E-state index contributed by atoms with van der Waals surface area (Å²) in [6.45, 7) is 1.69. The maximum atomic E-state index is 12.7. The molecule has 0 fully saturated rings. The molecule has 26 heavy (non-hydrogen) atoms. The summed E-state index contributed by atoms with van der Waals surface area (Å²) in [5.41, 5.74) is 2.10. The van der Waals surface area contributed by atoms with Gasteiger partial charge in [-0.25, -0.2) is 9.48 Å². The van der Waals surface area contributed by atoms with Crippen molar-refractivity contribution in [3.05, 3.63) is 66.4 Å². The van der Waals surface area contributed by atoms with Gasteiger partial charge in [0.25, 0.3) is 5.91 Å². The molecule has 1 atom stereocenters. The van der Waals surface area contributed by atoms with Crippen LogP contribution < -0.4 is 5.32 Å². The zero-order valence-corrected chi connectivity index (χ0v) is 14.2. The second-order valence-corrected chi connectivity index (χ2v) is 5.67. The van der Waals surface area contributed by atoms with E-state index in [0.29, 0.717) is 5.69 Å². The van der Waals surface area contributed by atoms with Gasteiger partial charge in [-0.05, 0) is 18.6 Å². The van der Waals surface area contributed by atoms with Gasteiger partial charge in [-0.3, -0.25) is 4.79 Å². The number of carboxylic acids is 1. The highest BCUT2D eigenvalue weighted by Crippen LogP contribution is 2.25. The van der Waals surface area contributed by atoms with Crippen molar-refractivity contribution >= 4 is 11.9 Å². The number of hydrogen-bond donors (Lipinski definition) is 2. The van der Waals surface area contributed by atoms with Gasteiger partial charge in [-0.15, -0.1) is 5.10 Å². The van der Waals surface area contributed by atoms with Crippen LogP contribution in [-0.2, 0) is 4.79 Å². The Kier molecular flexibility index (Phi) is 5.07. The largest absolute Gasteiger partial charge is 0.480 e. The molecule has 0 aliphatic carbocycles. The summed E-state index contributed by atoms with van der Waals surface area (Å²) in [6.07, 6.45) is 0.272. The number of rotatable bonds is 6. The van der Waals surface area contributed by atoms with E-state index in [2.05, 4.69) is 15.6 Å². The number of para-hydroxylation sites is 1. The molecule has 1 heterocycles. The summed E-state index contributed by atoms with van der Waals surface area (Å²) in [6, 6.07) is 17.6. The number of carboxylic acid groups (broad SMARTS) is 1. The summed E-state index contributed by atoms with van der Waals surface area (Å²) in [4.78, 5) is 23.9. The maximum Gasteiger partial charge on any atom is 0.326 e. The van der Waals surface area contributed by atoms with Gasteiger partial charge >= 0.3 is 5.97 Å². The van der Waals surface area contributed by atoms with Gasteiger partial charge in [0, 0.05) is 5.56 Å². The topological polar surface area (TPSA) is 97.1 Å². The third kappa shape index (κ3) is 3.46. The number of nitrogens with one attached hydrogen (secondary N) is 1. The highest BCUT2D eigenvalue weighted by atomic mass is 16.4. The van der Waals surface area contributed by atoms with E-state index in [9.17, 15) is 14.7 Å². The lowest BCUT2D eigenvalue weighted by Crippen LogP contribution is -2.40. The Morgan fingerprint density at radius 1 is 1.08 bits per heavy atom. The van der Waals surface area contributed by atoms with E-state index in [1.165, 1.54) is 0 Å². The number of nitrogens with zero attached hydrogens (tertiary/aromatic N) is 3. The first-order valence-corrected chi connectivity index (χ1v) is 8.22. The van der Waals surface area contributed by atoms with Crippen molar-refractivity contribution in [2.45, 2.75) is 19.4 Å². The van der Waals surface area contributed by atoms with E-state index in [1.807, 2.05) is 60.7 Å². The van der Waals surface area contributed by atoms with E-state index in [4.69, 9.17) is 0 Å². The molecule has 3 aromatic rings. The van der Waals surface area contributed by atoms with Crippen LogP contribution in [0.2, 0.25) is 0 Å². The van der Waals surface area contributed by atoms with Crippen LogP contribution in [0.25, 0.3) is 16.9 Å². The summed E-state index contributed by atoms with van der Waals surface area (Å²) in [5, 5.41) is 19.8. The van der Waals surface area contributed by atoms with Gasteiger partial charge in [0.2, 0.25) is 0 Å². The van der Waals surface area contributed by atoms with Crippen molar-refractivity contribution in [2.75, 3.05) is 0 Å². The maximum absolute atomic E-state index is 12.7. The number of hydrogen-bond acceptors (Lipinski definition) is 4. The standard InChI is InChI=1S/C19H18N4O3/c1-2-15(19(25)26)20-18(24)16-17(13-9-5-3-6-10-13)23(22-21-16)14-11-7-4-8-12-14/h3-12,15H,2H2,1H3,(H,20,24)(H,25,26). The molecule has 1 aromatic heterocycles. The molecule has 7 nitrogen and oxygen atoms in total. The number of amides is 1. The van der Waals surface area contributed by atoms with Gasteiger partial charge in [-0.1, -0.05) is 60.7 Å². The number of benzene rings is 2. The van der Waals surface area contributed by atoms with Gasteiger partial charge in [0.1, 0.15) is 11.7 Å². The van der Waals surface area contributed by atoms with Crippen LogP contribution in [0.5, 0.6) is 0 Å². The van der Waals surface area contributed by atoms with Crippen LogP contribution in [0.3, 0.4) is 0 Å². The van der Waals surface area contributed by atoms with E-state index in [0.717, 1.165) is 11.3 Å². The summed E-state index contributed by atoms with van der Waals surface area (Å²) >= 11 is 0. The van der Waals surface area contributed by atoms with Gasteiger partial charge in [0.15, 0.2) is 5.69 Å². The number of carbonyl (C=O) groups is 2. The lowest BCUT2D eigenvalue weighted by atomic mass is 10.1. The Bertz CT molecular complexity index is 907. The molecule has 1 unspecified atom stereocenters. The second kappa shape index (κ2) is 7.60. The molecule has 1 amide bonds. The lowest BCUT2D eigenvalue weighted by Gasteiger charge is -2.12. The number of carbonyl (C=O) groups excluding carboxylic acids is 1. The van der Waals surface area contributed by atoms with Crippen LogP contribution in [-0.4, -0.2) is 38.0 Å². The zero-order valence-electron chi connectivity index (χ0n) is 14.2. The SMILES string of the molecule is CCC(NC(=O)c1nnn(-c2ccccc2)c1-c1ccccc1)C(=O)O. The number of aliphatic carboxylic acids is 1. The Labute approximate surface area is 150 Å². The molecular formula is C19H18N4O3. The first kappa shape index (κ1) is 17.3. The molecule has 132 valence electrons. The van der Waals surface area contributed by atoms with Crippen LogP contribution in [0, 0.1) is 0 Å². The van der Waals surface area contributed by atoms with Gasteiger partial charge in [0.05, 0.1) is 5.69 Å². The molecule has 3 rings (SSSR count). The normalized spacial score (nSPS) is 11.7. The van der Waals surface area contributed by atoms with E-state index in [1.54, 1.807) is 11.6 Å². The average Bonchev–Trinajstić information content (AvgIpc) is 3.12. The van der Waals surface area contributed by atoms with Crippen molar-refractivity contribution in [3.8, 4) is 16.9 Å². The Balaban J connectivity index is 2.08. The van der Waals surface area contributed by atoms with Crippen molar-refractivity contribution in [1.29, 1.82) is 0 Å². The van der Waals surface area contributed by atoms with Crippen molar-refractivity contribution < 1.29 is 14.7 Å². The van der Waals surface area contributed by atoms with Crippen molar-refractivity contribution in [3.63, 3.8) is 0 Å². The highest BCUT2D eigenvalue weighted by molar-refractivity contribution is 6.00. The Morgan fingerprint density at radius 2 is 1.69 bits per heavy atom. The Morgan fingerprint density at radius 3 is 2.27 bits per heavy atom. The molecule has 0 aliphatic heterocycles. The second-order valence-electron chi connectivity index (χ2n) is 5.67. The lowest BCUT2D eigenvalue weighted by molar-refractivity contribution is -0.139. The minimum Gasteiger partial charge on any atom is -0.480 e. The predicted octanol–water partition coefficient (Wildman–Crippen LogP) is 2.53. The van der Waals surface area contributed by atoms with Crippen LogP contribution in [0.4, 0.5) is 0 Å². The summed E-state index contributed by atoms with van der Waals surface area (Å²) < 4.78 is 1.58. The van der Waals surface area contributed by atoms with Gasteiger partial charge in [-0.2, -0.15) is 0 Å². The number of aromatic nitrogens is 3. The van der Waals surface area contributed by atoms with Crippen LogP contribution >= 0.6 is 0 Å². The minimum absolute atomic E-state index is 0.0831. The first-order valence-electron chi connectivity index (χ1n) is 8.22. The smallest absolute Gasteiger partial charge is 0.326 e. The third-order valence-corrected chi connectivity index (χ3v) is 3.95. The molecule has 7 heteroatoms. The fourth-order valence-corrected chi connectivity index (χ4v) is 2.60. The monoisotopic (exact) mass is 350 g/mol. The van der Waals surface area contributed by atoms with Crippen molar-refractivity contribution in [2.24, 2.45) is 0 Å². The highest BCUT2D eigenvalue weighted by Gasteiger charge is 2.25. The average molecular weight is 350 g/mol. The van der Waals surface area contributed by atoms with Gasteiger partial charge < -0.3 is 10.4 Å². The summed E-state index contributed by atoms with van der Waals surface area (Å²) in [7, 11) is 0. The predicted molar refractivity (Wildman–Crippen MR) is 96.0 cm³/mol. The van der Waals surface area contributed by atoms with E-state index in [-0.39, 0.29) is 12.1 Å². The summed E-state index contributed by atoms with van der Waals surface area (Å²) in [5.74, 6) is -1.65. The fourth-order valence-electron chi connectivity index (χ4n) is 2.60. The quantitative estimate of drug-likeness (QED) is 0.712. The first-order chi connectivity index (χ1) is 12.6. The molecule has 0 saturated carbocycles. The van der Waals surface area contributed by atoms with Crippen LogP contribution in [0.1, 0.15) is 23.8 Å². The molecule has 0 aliphatic rings. The molecular weight excluding hydrogens is 332 g/mol. The molecule has 2 aromatic carbocycles. The molecule has 0 bridgehead atoms. The third-order valence-electron chi connectivity index (χ3n) is 3.95. The molecule has 0 saturated heterocycles. The van der Waals surface area contributed by atoms with Crippen molar-refractivity contribution in [1.82, 2.24) is 20.3 Å². The molecule has 0 spiro atoms. The van der Waals surface area contributed by atoms with E-state index < -0.39 is 17.9 Å². The molecule has 2 N–H and O–H groups in total. The van der Waals surface area contributed by atoms with E-state index >= 15 is 0 Å². The molecule has 0 radical (unpaired) electrons. The zero-order chi connectivity index (χ0) is 18.5. The minimum atomic E-state index is -1.09. The van der Waals surface area contributed by atoms with Crippen LogP contribution in [0.15, 0.2) is 60.7 Å².